The van der Waals surface area contributed by atoms with Gasteiger partial charge in [-0.15, -0.1) is 0 Å². The molecule has 4 rings (SSSR count). The maximum Gasteiger partial charge on any atom is 0.336 e. The van der Waals surface area contributed by atoms with Crippen molar-refractivity contribution in [3.05, 3.63) is 64.8 Å². The number of fused-ring (bicyclic) bond motifs is 2. The molecule has 2 aromatic carbocycles. The molecule has 0 amide bonds. The van der Waals surface area contributed by atoms with Crippen LogP contribution in [0.25, 0.3) is 22.6 Å². The molecule has 0 bridgehead atoms. The number of rotatable bonds is 8. The van der Waals surface area contributed by atoms with Gasteiger partial charge in [0.05, 0.1) is 30.0 Å². The Labute approximate surface area is 194 Å². The van der Waals surface area contributed by atoms with Crippen LogP contribution < -0.4 is 9.47 Å². The zero-order valence-electron chi connectivity index (χ0n) is 19.4. The number of ether oxygens (including phenoxy) is 2. The molecule has 0 unspecified atom stereocenters. The van der Waals surface area contributed by atoms with Gasteiger partial charge in [-0.1, -0.05) is 38.1 Å². The minimum absolute atomic E-state index is 0.345. The predicted molar refractivity (Wildman–Crippen MR) is 131 cm³/mol. The second-order valence-electron chi connectivity index (χ2n) is 8.10. The third-order valence-electron chi connectivity index (χ3n) is 5.80. The Hall–Kier alpha value is -3.38. The van der Waals surface area contributed by atoms with Crippen molar-refractivity contribution in [3.8, 4) is 11.5 Å². The molecule has 0 radical (unpaired) electrons. The van der Waals surface area contributed by atoms with E-state index < -0.39 is 5.97 Å². The van der Waals surface area contributed by atoms with Crippen LogP contribution in [0.15, 0.2) is 42.5 Å². The summed E-state index contributed by atoms with van der Waals surface area (Å²) in [6.07, 6.45) is 3.01. The molecular weight excluding hydrogens is 416 g/mol. The van der Waals surface area contributed by atoms with Crippen molar-refractivity contribution in [2.75, 3.05) is 26.3 Å². The largest absolute Gasteiger partial charge is 0.490 e. The van der Waals surface area contributed by atoms with Crippen molar-refractivity contribution in [2.24, 2.45) is 0 Å². The van der Waals surface area contributed by atoms with Gasteiger partial charge in [-0.3, -0.25) is 4.90 Å². The van der Waals surface area contributed by atoms with Crippen molar-refractivity contribution in [1.29, 1.82) is 0 Å². The maximum atomic E-state index is 12.3. The standard InChI is InChI=1S/C27H30N2O4/c1-4-13-33-23-12-11-18(15-24(23)32-6-3)14-19-16-29(5-2)17-21-25(27(30)31)20-9-7-8-10-22(20)28-26(19)21/h7-12,14-15H,4-6,13,16-17H2,1-3H3,(H,30,31)/b19-14+. The van der Waals surface area contributed by atoms with Gasteiger partial charge in [0, 0.05) is 24.0 Å². The normalized spacial score (nSPS) is 14.9. The van der Waals surface area contributed by atoms with E-state index in [1.165, 1.54) is 0 Å². The zero-order valence-corrected chi connectivity index (χ0v) is 19.4. The number of hydrogen-bond donors (Lipinski definition) is 1. The van der Waals surface area contributed by atoms with Crippen molar-refractivity contribution in [3.63, 3.8) is 0 Å². The van der Waals surface area contributed by atoms with E-state index >= 15 is 0 Å². The first-order valence-electron chi connectivity index (χ1n) is 11.5. The number of carboxylic acids is 1. The molecule has 2 heterocycles. The average Bonchev–Trinajstić information content (AvgIpc) is 2.82. The fourth-order valence-corrected chi connectivity index (χ4v) is 4.26. The number of benzene rings is 2. The lowest BCUT2D eigenvalue weighted by molar-refractivity contribution is 0.0696. The van der Waals surface area contributed by atoms with Crippen LogP contribution in [0.4, 0.5) is 0 Å². The highest BCUT2D eigenvalue weighted by molar-refractivity contribution is 6.06. The van der Waals surface area contributed by atoms with Gasteiger partial charge in [-0.2, -0.15) is 0 Å². The SMILES string of the molecule is CCCOc1ccc(/C=C2\CN(CC)Cc3c2nc2ccccc2c3C(=O)O)cc1OCC. The molecule has 0 aliphatic carbocycles. The lowest BCUT2D eigenvalue weighted by Gasteiger charge is -2.30. The number of carboxylic acid groups (broad SMARTS) is 1. The van der Waals surface area contributed by atoms with E-state index in [1.54, 1.807) is 0 Å². The van der Waals surface area contributed by atoms with Gasteiger partial charge >= 0.3 is 5.97 Å². The Balaban J connectivity index is 1.86. The number of likely N-dealkylation sites (N-methyl/N-ethyl adjacent to an activating group) is 1. The molecule has 0 spiro atoms. The Bertz CT molecular complexity index is 1200. The summed E-state index contributed by atoms with van der Waals surface area (Å²) in [4.78, 5) is 19.4. The first-order chi connectivity index (χ1) is 16.0. The molecule has 6 heteroatoms. The van der Waals surface area contributed by atoms with Gasteiger partial charge in [0.25, 0.3) is 0 Å². The predicted octanol–water partition coefficient (Wildman–Crippen LogP) is 5.50. The highest BCUT2D eigenvalue weighted by atomic mass is 16.5. The molecule has 0 saturated heterocycles. The van der Waals surface area contributed by atoms with E-state index in [9.17, 15) is 9.90 Å². The highest BCUT2D eigenvalue weighted by Crippen LogP contribution is 2.35. The fraction of sp³-hybridized carbons (Fsp3) is 0.333. The van der Waals surface area contributed by atoms with Crippen molar-refractivity contribution in [1.82, 2.24) is 9.88 Å². The lowest BCUT2D eigenvalue weighted by atomic mass is 9.92. The Kier molecular flexibility index (Phi) is 6.94. The van der Waals surface area contributed by atoms with E-state index in [-0.39, 0.29) is 0 Å². The summed E-state index contributed by atoms with van der Waals surface area (Å²) in [5.41, 5.74) is 4.54. The van der Waals surface area contributed by atoms with E-state index in [2.05, 4.69) is 24.8 Å². The Morgan fingerprint density at radius 3 is 2.64 bits per heavy atom. The van der Waals surface area contributed by atoms with Gasteiger partial charge in [-0.25, -0.2) is 9.78 Å². The van der Waals surface area contributed by atoms with E-state index in [1.807, 2.05) is 49.4 Å². The van der Waals surface area contributed by atoms with Crippen molar-refractivity contribution < 1.29 is 19.4 Å². The Morgan fingerprint density at radius 1 is 1.09 bits per heavy atom. The zero-order chi connectivity index (χ0) is 23.4. The Morgan fingerprint density at radius 2 is 1.91 bits per heavy atom. The topological polar surface area (TPSA) is 71.9 Å². The van der Waals surface area contributed by atoms with Gasteiger partial charge in [0.2, 0.25) is 0 Å². The molecular formula is C27H30N2O4. The van der Waals surface area contributed by atoms with Crippen LogP contribution in [-0.2, 0) is 6.54 Å². The summed E-state index contributed by atoms with van der Waals surface area (Å²) in [5, 5.41) is 10.8. The molecule has 1 aliphatic heterocycles. The second kappa shape index (κ2) is 10.0. The number of carbonyl (C=O) groups is 1. The summed E-state index contributed by atoms with van der Waals surface area (Å²) in [6, 6.07) is 13.4. The lowest BCUT2D eigenvalue weighted by Crippen LogP contribution is -2.31. The van der Waals surface area contributed by atoms with Gasteiger partial charge < -0.3 is 14.6 Å². The molecule has 172 valence electrons. The summed E-state index contributed by atoms with van der Waals surface area (Å²) in [6.45, 7) is 9.37. The molecule has 1 aromatic heterocycles. The fourth-order valence-electron chi connectivity index (χ4n) is 4.26. The molecule has 0 saturated carbocycles. The number of pyridine rings is 1. The van der Waals surface area contributed by atoms with Crippen LogP contribution >= 0.6 is 0 Å². The second-order valence-corrected chi connectivity index (χ2v) is 8.10. The van der Waals surface area contributed by atoms with Crippen LogP contribution in [-0.4, -0.2) is 47.3 Å². The number of para-hydroxylation sites is 1. The van der Waals surface area contributed by atoms with Crippen LogP contribution in [0.5, 0.6) is 11.5 Å². The number of aromatic carboxylic acids is 1. The van der Waals surface area contributed by atoms with Gasteiger partial charge in [-0.05, 0) is 55.3 Å². The number of hydrogen-bond acceptors (Lipinski definition) is 5. The first kappa shape index (κ1) is 22.8. The van der Waals surface area contributed by atoms with E-state index in [4.69, 9.17) is 14.5 Å². The average molecular weight is 447 g/mol. The summed E-state index contributed by atoms with van der Waals surface area (Å²) in [7, 11) is 0. The summed E-state index contributed by atoms with van der Waals surface area (Å²) < 4.78 is 11.7. The molecule has 1 aliphatic rings. The quantitative estimate of drug-likeness (QED) is 0.493. The van der Waals surface area contributed by atoms with Crippen molar-refractivity contribution >= 4 is 28.5 Å². The smallest absolute Gasteiger partial charge is 0.336 e. The maximum absolute atomic E-state index is 12.3. The van der Waals surface area contributed by atoms with E-state index in [0.29, 0.717) is 48.5 Å². The number of nitrogens with zero attached hydrogens (tertiary/aromatic N) is 2. The third kappa shape index (κ3) is 4.71. The summed E-state index contributed by atoms with van der Waals surface area (Å²) >= 11 is 0. The monoisotopic (exact) mass is 446 g/mol. The molecule has 0 atom stereocenters. The van der Waals surface area contributed by atoms with Gasteiger partial charge in [0.1, 0.15) is 0 Å². The van der Waals surface area contributed by atoms with Gasteiger partial charge in [0.15, 0.2) is 11.5 Å². The molecule has 0 fully saturated rings. The van der Waals surface area contributed by atoms with Crippen LogP contribution in [0.3, 0.4) is 0 Å². The van der Waals surface area contributed by atoms with Crippen LogP contribution in [0, 0.1) is 0 Å². The minimum Gasteiger partial charge on any atom is -0.490 e. The first-order valence-corrected chi connectivity index (χ1v) is 11.5. The minimum atomic E-state index is -0.918. The van der Waals surface area contributed by atoms with Crippen molar-refractivity contribution in [2.45, 2.75) is 33.7 Å². The highest BCUT2D eigenvalue weighted by Gasteiger charge is 2.28. The van der Waals surface area contributed by atoms with Crippen LogP contribution in [0.2, 0.25) is 0 Å². The molecule has 33 heavy (non-hydrogen) atoms. The van der Waals surface area contributed by atoms with Crippen LogP contribution in [0.1, 0.15) is 54.4 Å². The molecule has 1 N–H and O–H groups in total. The molecule has 6 nitrogen and oxygen atoms in total. The summed E-state index contributed by atoms with van der Waals surface area (Å²) in [5.74, 6) is 0.525. The number of aromatic nitrogens is 1. The molecule has 3 aromatic rings. The third-order valence-corrected chi connectivity index (χ3v) is 5.80. The van der Waals surface area contributed by atoms with E-state index in [0.717, 1.165) is 41.1 Å².